The summed E-state index contributed by atoms with van der Waals surface area (Å²) in [4.78, 5) is 2.48. The molecule has 2 unspecified atom stereocenters. The highest BCUT2D eigenvalue weighted by Gasteiger charge is 2.31. The van der Waals surface area contributed by atoms with Crippen LogP contribution in [0.3, 0.4) is 0 Å². The van der Waals surface area contributed by atoms with Crippen LogP contribution in [0.5, 0.6) is 0 Å². The van der Waals surface area contributed by atoms with Crippen LogP contribution in [0.1, 0.15) is 49.5 Å². The fourth-order valence-electron chi connectivity index (χ4n) is 2.71. The molecule has 0 spiro atoms. The summed E-state index contributed by atoms with van der Waals surface area (Å²) in [6.07, 6.45) is 0. The number of aliphatic hydroxyl groups is 1. The summed E-state index contributed by atoms with van der Waals surface area (Å²) >= 11 is 0. The van der Waals surface area contributed by atoms with Gasteiger partial charge in [-0.25, -0.2) is 0 Å². The average molecular weight is 205 g/mol. The van der Waals surface area contributed by atoms with E-state index in [1.54, 1.807) is 0 Å². The maximum absolute atomic E-state index is 9.13. The first-order valence-corrected chi connectivity index (χ1v) is 5.68. The van der Waals surface area contributed by atoms with Gasteiger partial charge in [-0.15, -0.1) is 0 Å². The van der Waals surface area contributed by atoms with E-state index >= 15 is 0 Å². The molecule has 1 aromatic carbocycles. The van der Waals surface area contributed by atoms with Crippen molar-refractivity contribution in [1.29, 1.82) is 0 Å². The van der Waals surface area contributed by atoms with E-state index in [0.29, 0.717) is 12.1 Å². The van der Waals surface area contributed by atoms with Crippen molar-refractivity contribution < 1.29 is 5.11 Å². The lowest BCUT2D eigenvalue weighted by Gasteiger charge is -2.24. The molecule has 0 radical (unpaired) electrons. The summed E-state index contributed by atoms with van der Waals surface area (Å²) in [6, 6.07) is 7.32. The van der Waals surface area contributed by atoms with Crippen molar-refractivity contribution in [3.05, 3.63) is 34.9 Å². The highest BCUT2D eigenvalue weighted by Crippen LogP contribution is 2.41. The predicted molar refractivity (Wildman–Crippen MR) is 61.6 cm³/mol. The van der Waals surface area contributed by atoms with Crippen molar-refractivity contribution in [3.63, 3.8) is 0 Å². The van der Waals surface area contributed by atoms with Crippen LogP contribution in [0.2, 0.25) is 0 Å². The third kappa shape index (κ3) is 1.58. The Morgan fingerprint density at radius 3 is 2.47 bits per heavy atom. The van der Waals surface area contributed by atoms with E-state index in [9.17, 15) is 0 Å². The maximum atomic E-state index is 9.13. The van der Waals surface area contributed by atoms with Gasteiger partial charge in [0.15, 0.2) is 0 Å². The highest BCUT2D eigenvalue weighted by atomic mass is 16.3. The summed E-state index contributed by atoms with van der Waals surface area (Å²) in [5, 5.41) is 9.13. The van der Waals surface area contributed by atoms with Gasteiger partial charge in [-0.05, 0) is 37.1 Å². The first-order valence-electron chi connectivity index (χ1n) is 5.68. The van der Waals surface area contributed by atoms with Crippen LogP contribution in [0.15, 0.2) is 18.2 Å². The molecule has 1 aliphatic rings. The van der Waals surface area contributed by atoms with Gasteiger partial charge >= 0.3 is 0 Å². The standard InChI is InChI=1S/C13H19NO/c1-4-14-9(2)12-6-5-11(8-15)7-13(12)10(14)3/h5-7,9-10,15H,4,8H2,1-3H3. The number of hydrogen-bond donors (Lipinski definition) is 1. The molecule has 0 saturated heterocycles. The molecule has 1 aliphatic heterocycles. The third-order valence-corrected chi connectivity index (χ3v) is 3.59. The predicted octanol–water partition coefficient (Wildman–Crippen LogP) is 2.64. The van der Waals surface area contributed by atoms with Crippen LogP contribution in [-0.4, -0.2) is 16.6 Å². The lowest BCUT2D eigenvalue weighted by atomic mass is 10.0. The first-order chi connectivity index (χ1) is 7.19. The van der Waals surface area contributed by atoms with Gasteiger partial charge in [0.1, 0.15) is 0 Å². The number of hydrogen-bond acceptors (Lipinski definition) is 2. The molecule has 0 aromatic heterocycles. The van der Waals surface area contributed by atoms with Crippen LogP contribution in [0.4, 0.5) is 0 Å². The Balaban J connectivity index is 2.43. The van der Waals surface area contributed by atoms with Crippen LogP contribution >= 0.6 is 0 Å². The second-order valence-electron chi connectivity index (χ2n) is 4.30. The number of rotatable bonds is 2. The summed E-state index contributed by atoms with van der Waals surface area (Å²) in [6.45, 7) is 7.91. The minimum absolute atomic E-state index is 0.139. The number of nitrogens with zero attached hydrogens (tertiary/aromatic N) is 1. The van der Waals surface area contributed by atoms with E-state index in [-0.39, 0.29) is 6.61 Å². The molecule has 2 nitrogen and oxygen atoms in total. The molecule has 82 valence electrons. The summed E-state index contributed by atoms with van der Waals surface area (Å²) in [5.41, 5.74) is 3.82. The zero-order valence-corrected chi connectivity index (χ0v) is 9.70. The molecule has 0 amide bonds. The molecule has 2 heteroatoms. The van der Waals surface area contributed by atoms with E-state index in [1.165, 1.54) is 11.1 Å². The van der Waals surface area contributed by atoms with Gasteiger partial charge in [0.25, 0.3) is 0 Å². The summed E-state index contributed by atoms with van der Waals surface area (Å²) < 4.78 is 0. The second-order valence-corrected chi connectivity index (χ2v) is 4.30. The van der Waals surface area contributed by atoms with Gasteiger partial charge in [0.2, 0.25) is 0 Å². The minimum Gasteiger partial charge on any atom is -0.392 e. The summed E-state index contributed by atoms with van der Waals surface area (Å²) in [5.74, 6) is 0. The van der Waals surface area contributed by atoms with Crippen LogP contribution in [0.25, 0.3) is 0 Å². The largest absolute Gasteiger partial charge is 0.392 e. The molecule has 0 fully saturated rings. The molecule has 0 aliphatic carbocycles. The number of fused-ring (bicyclic) bond motifs is 1. The maximum Gasteiger partial charge on any atom is 0.0681 e. The Morgan fingerprint density at radius 1 is 1.20 bits per heavy atom. The molecule has 1 heterocycles. The van der Waals surface area contributed by atoms with Crippen molar-refractivity contribution in [2.24, 2.45) is 0 Å². The molecule has 1 aromatic rings. The van der Waals surface area contributed by atoms with E-state index in [2.05, 4.69) is 37.8 Å². The Hall–Kier alpha value is -0.860. The van der Waals surface area contributed by atoms with E-state index in [1.807, 2.05) is 6.07 Å². The zero-order chi connectivity index (χ0) is 11.0. The van der Waals surface area contributed by atoms with Crippen molar-refractivity contribution in [2.45, 2.75) is 39.5 Å². The topological polar surface area (TPSA) is 23.5 Å². The molecule has 15 heavy (non-hydrogen) atoms. The van der Waals surface area contributed by atoms with E-state index in [0.717, 1.165) is 12.1 Å². The Bertz CT molecular complexity index is 362. The van der Waals surface area contributed by atoms with Crippen molar-refractivity contribution >= 4 is 0 Å². The van der Waals surface area contributed by atoms with Crippen LogP contribution in [-0.2, 0) is 6.61 Å². The van der Waals surface area contributed by atoms with Gasteiger partial charge in [-0.3, -0.25) is 4.90 Å². The highest BCUT2D eigenvalue weighted by molar-refractivity contribution is 5.39. The second kappa shape index (κ2) is 3.95. The van der Waals surface area contributed by atoms with Gasteiger partial charge < -0.3 is 5.11 Å². The zero-order valence-electron chi connectivity index (χ0n) is 9.70. The van der Waals surface area contributed by atoms with Gasteiger partial charge in [0, 0.05) is 12.1 Å². The minimum atomic E-state index is 0.139. The molecule has 2 atom stereocenters. The van der Waals surface area contributed by atoms with Crippen molar-refractivity contribution in [1.82, 2.24) is 4.90 Å². The molecule has 0 bridgehead atoms. The molecule has 0 saturated carbocycles. The first kappa shape index (κ1) is 10.7. The smallest absolute Gasteiger partial charge is 0.0681 e. The van der Waals surface area contributed by atoms with Crippen LogP contribution < -0.4 is 0 Å². The Labute approximate surface area is 91.5 Å². The lowest BCUT2D eigenvalue weighted by molar-refractivity contribution is 0.194. The molecular weight excluding hydrogens is 186 g/mol. The molecule has 2 rings (SSSR count). The van der Waals surface area contributed by atoms with Crippen molar-refractivity contribution in [3.8, 4) is 0 Å². The number of aliphatic hydroxyl groups excluding tert-OH is 1. The normalized spacial score (nSPS) is 25.6. The monoisotopic (exact) mass is 205 g/mol. The Kier molecular flexibility index (Phi) is 2.81. The lowest BCUT2D eigenvalue weighted by Crippen LogP contribution is -2.22. The van der Waals surface area contributed by atoms with Crippen LogP contribution in [0, 0.1) is 0 Å². The third-order valence-electron chi connectivity index (χ3n) is 3.59. The molecule has 1 N–H and O–H groups in total. The fraction of sp³-hybridized carbons (Fsp3) is 0.538. The SMILES string of the molecule is CCN1C(C)c2ccc(CO)cc2C1C. The Morgan fingerprint density at radius 2 is 1.87 bits per heavy atom. The summed E-state index contributed by atoms with van der Waals surface area (Å²) in [7, 11) is 0. The van der Waals surface area contributed by atoms with Gasteiger partial charge in [-0.2, -0.15) is 0 Å². The number of benzene rings is 1. The van der Waals surface area contributed by atoms with E-state index in [4.69, 9.17) is 5.11 Å². The van der Waals surface area contributed by atoms with Gasteiger partial charge in [-0.1, -0.05) is 25.1 Å². The average Bonchev–Trinajstić information content (AvgIpc) is 2.51. The van der Waals surface area contributed by atoms with Crippen molar-refractivity contribution in [2.75, 3.05) is 6.54 Å². The van der Waals surface area contributed by atoms with E-state index < -0.39 is 0 Å². The quantitative estimate of drug-likeness (QED) is 0.802. The molecular formula is C13H19NO. The fourth-order valence-corrected chi connectivity index (χ4v) is 2.71. The van der Waals surface area contributed by atoms with Gasteiger partial charge in [0.05, 0.1) is 6.61 Å².